The normalized spacial score (nSPS) is 20.2. The number of thioether (sulfide) groups is 1. The van der Waals surface area contributed by atoms with Gasteiger partial charge in [0, 0.05) is 10.8 Å². The Hall–Kier alpha value is -0.250. The van der Waals surface area contributed by atoms with Crippen LogP contribution in [0.2, 0.25) is 0 Å². The van der Waals surface area contributed by atoms with Gasteiger partial charge in [0.05, 0.1) is 0 Å². The van der Waals surface area contributed by atoms with E-state index in [4.69, 9.17) is 0 Å². The second-order valence-corrected chi connectivity index (χ2v) is 7.64. The zero-order valence-electron chi connectivity index (χ0n) is 11.5. The Bertz CT molecular complexity index is 287. The van der Waals surface area contributed by atoms with Gasteiger partial charge in [0.25, 0.3) is 5.91 Å². The molecule has 1 N–H and O–H groups in total. The van der Waals surface area contributed by atoms with Gasteiger partial charge < -0.3 is 5.32 Å². The SMILES string of the molecule is CC(C)CSC(C)(C)C(C)NC(=O)C1(F)CC1. The molecular formula is C13H24FNOS. The van der Waals surface area contributed by atoms with Crippen LogP contribution in [0.1, 0.15) is 47.5 Å². The van der Waals surface area contributed by atoms with E-state index in [1.165, 1.54) is 0 Å². The lowest BCUT2D eigenvalue weighted by atomic mass is 10.0. The molecule has 1 aliphatic carbocycles. The first-order valence-electron chi connectivity index (χ1n) is 6.31. The van der Waals surface area contributed by atoms with Crippen molar-refractivity contribution in [1.29, 1.82) is 0 Å². The lowest BCUT2D eigenvalue weighted by Gasteiger charge is -2.33. The minimum absolute atomic E-state index is 0.0213. The van der Waals surface area contributed by atoms with Gasteiger partial charge >= 0.3 is 0 Å². The van der Waals surface area contributed by atoms with E-state index in [1.807, 2.05) is 18.7 Å². The molecule has 0 aromatic carbocycles. The van der Waals surface area contributed by atoms with Crippen molar-refractivity contribution in [3.63, 3.8) is 0 Å². The molecule has 1 fully saturated rings. The van der Waals surface area contributed by atoms with Crippen LogP contribution in [0.3, 0.4) is 0 Å². The number of nitrogens with one attached hydrogen (secondary N) is 1. The van der Waals surface area contributed by atoms with Gasteiger partial charge in [-0.25, -0.2) is 4.39 Å². The van der Waals surface area contributed by atoms with E-state index in [1.54, 1.807) is 0 Å². The highest BCUT2D eigenvalue weighted by Gasteiger charge is 2.51. The largest absolute Gasteiger partial charge is 0.349 e. The molecule has 0 aromatic heterocycles. The minimum Gasteiger partial charge on any atom is -0.349 e. The Labute approximate surface area is 108 Å². The van der Waals surface area contributed by atoms with Gasteiger partial charge in [-0.05, 0) is 45.3 Å². The summed E-state index contributed by atoms with van der Waals surface area (Å²) in [6.45, 7) is 10.5. The average molecular weight is 261 g/mol. The number of carbonyl (C=O) groups is 1. The smallest absolute Gasteiger partial charge is 0.257 e. The van der Waals surface area contributed by atoms with E-state index in [2.05, 4.69) is 33.0 Å². The maximum atomic E-state index is 13.5. The van der Waals surface area contributed by atoms with Crippen molar-refractivity contribution >= 4 is 17.7 Å². The third-order valence-corrected chi connectivity index (χ3v) is 5.21. The number of hydrogen-bond donors (Lipinski definition) is 1. The number of rotatable bonds is 6. The van der Waals surface area contributed by atoms with Crippen LogP contribution in [0.5, 0.6) is 0 Å². The highest BCUT2D eigenvalue weighted by atomic mass is 32.2. The van der Waals surface area contributed by atoms with E-state index in [0.717, 1.165) is 5.75 Å². The van der Waals surface area contributed by atoms with Gasteiger partial charge in [-0.15, -0.1) is 0 Å². The van der Waals surface area contributed by atoms with Crippen LogP contribution in [-0.2, 0) is 4.79 Å². The summed E-state index contributed by atoms with van der Waals surface area (Å²) in [5.74, 6) is 1.25. The first kappa shape index (κ1) is 14.8. The van der Waals surface area contributed by atoms with Gasteiger partial charge in [0.2, 0.25) is 0 Å². The molecule has 1 aliphatic rings. The summed E-state index contributed by atoms with van der Waals surface area (Å²) in [5, 5.41) is 2.81. The number of halogens is 1. The molecule has 1 saturated carbocycles. The van der Waals surface area contributed by atoms with E-state index in [-0.39, 0.29) is 10.8 Å². The minimum atomic E-state index is -1.56. The Balaban J connectivity index is 2.44. The molecule has 0 radical (unpaired) electrons. The Morgan fingerprint density at radius 2 is 1.94 bits per heavy atom. The molecular weight excluding hydrogens is 237 g/mol. The Morgan fingerprint density at radius 1 is 1.41 bits per heavy atom. The van der Waals surface area contributed by atoms with Gasteiger partial charge in [-0.3, -0.25) is 4.79 Å². The van der Waals surface area contributed by atoms with Crippen LogP contribution < -0.4 is 5.32 Å². The van der Waals surface area contributed by atoms with Crippen molar-refractivity contribution in [2.24, 2.45) is 5.92 Å². The summed E-state index contributed by atoms with van der Waals surface area (Å²) >= 11 is 1.83. The lowest BCUT2D eigenvalue weighted by molar-refractivity contribution is -0.128. The molecule has 2 nitrogen and oxygen atoms in total. The summed E-state index contributed by atoms with van der Waals surface area (Å²) in [7, 11) is 0. The third kappa shape index (κ3) is 4.16. The van der Waals surface area contributed by atoms with Crippen molar-refractivity contribution in [3.05, 3.63) is 0 Å². The van der Waals surface area contributed by atoms with Crippen molar-refractivity contribution < 1.29 is 9.18 Å². The highest BCUT2D eigenvalue weighted by molar-refractivity contribution is 8.00. The number of carbonyl (C=O) groups excluding carboxylic acids is 1. The molecule has 0 aromatic rings. The van der Waals surface area contributed by atoms with Crippen LogP contribution in [0.4, 0.5) is 4.39 Å². The first-order valence-corrected chi connectivity index (χ1v) is 7.30. The van der Waals surface area contributed by atoms with Gasteiger partial charge in [0.15, 0.2) is 5.67 Å². The number of amides is 1. The zero-order chi connectivity index (χ0) is 13.3. The average Bonchev–Trinajstić information content (AvgIpc) is 2.95. The molecule has 4 heteroatoms. The van der Waals surface area contributed by atoms with E-state index in [0.29, 0.717) is 18.8 Å². The Morgan fingerprint density at radius 3 is 2.35 bits per heavy atom. The lowest BCUT2D eigenvalue weighted by Crippen LogP contribution is -2.48. The van der Waals surface area contributed by atoms with Gasteiger partial charge in [0.1, 0.15) is 0 Å². The highest BCUT2D eigenvalue weighted by Crippen LogP contribution is 2.40. The van der Waals surface area contributed by atoms with E-state index >= 15 is 0 Å². The van der Waals surface area contributed by atoms with Crippen LogP contribution >= 0.6 is 11.8 Å². The van der Waals surface area contributed by atoms with Gasteiger partial charge in [-0.2, -0.15) is 11.8 Å². The predicted octanol–water partition coefficient (Wildman–Crippen LogP) is 3.16. The second kappa shape index (κ2) is 5.17. The number of alkyl halides is 1. The van der Waals surface area contributed by atoms with Crippen molar-refractivity contribution in [1.82, 2.24) is 5.32 Å². The van der Waals surface area contributed by atoms with Crippen molar-refractivity contribution in [3.8, 4) is 0 Å². The molecule has 0 spiro atoms. The second-order valence-electron chi connectivity index (χ2n) is 5.97. The third-order valence-electron chi connectivity index (χ3n) is 3.27. The van der Waals surface area contributed by atoms with Crippen LogP contribution in [0.25, 0.3) is 0 Å². The van der Waals surface area contributed by atoms with Crippen LogP contribution in [-0.4, -0.2) is 28.1 Å². The molecule has 100 valence electrons. The molecule has 1 unspecified atom stereocenters. The quantitative estimate of drug-likeness (QED) is 0.795. The van der Waals surface area contributed by atoms with Crippen LogP contribution in [0, 0.1) is 5.92 Å². The summed E-state index contributed by atoms with van der Waals surface area (Å²) in [6, 6.07) is -0.0213. The standard InChI is InChI=1S/C13H24FNOS/c1-9(2)8-17-12(4,5)10(3)15-11(16)13(14)6-7-13/h9-10H,6-8H2,1-5H3,(H,15,16). The summed E-state index contributed by atoms with van der Waals surface area (Å²) in [6.07, 6.45) is 0.760. The van der Waals surface area contributed by atoms with Crippen LogP contribution in [0.15, 0.2) is 0 Å². The summed E-state index contributed by atoms with van der Waals surface area (Å²) in [5.41, 5.74) is -1.56. The molecule has 0 saturated heterocycles. The molecule has 1 atom stereocenters. The fourth-order valence-corrected chi connectivity index (χ4v) is 2.41. The number of hydrogen-bond acceptors (Lipinski definition) is 2. The summed E-state index contributed by atoms with van der Waals surface area (Å²) < 4.78 is 13.5. The fourth-order valence-electron chi connectivity index (χ4n) is 1.34. The fraction of sp³-hybridized carbons (Fsp3) is 0.923. The maximum absolute atomic E-state index is 13.5. The van der Waals surface area contributed by atoms with Gasteiger partial charge in [-0.1, -0.05) is 13.8 Å². The molecule has 0 aliphatic heterocycles. The van der Waals surface area contributed by atoms with E-state index in [9.17, 15) is 9.18 Å². The Kier molecular flexibility index (Phi) is 4.50. The molecule has 1 rings (SSSR count). The van der Waals surface area contributed by atoms with Crippen molar-refractivity contribution in [2.45, 2.75) is 63.9 Å². The first-order chi connectivity index (χ1) is 7.67. The molecule has 0 heterocycles. The zero-order valence-corrected chi connectivity index (χ0v) is 12.3. The summed E-state index contributed by atoms with van der Waals surface area (Å²) in [4.78, 5) is 11.6. The monoisotopic (exact) mass is 261 g/mol. The predicted molar refractivity (Wildman–Crippen MR) is 72.1 cm³/mol. The van der Waals surface area contributed by atoms with E-state index < -0.39 is 11.6 Å². The molecule has 1 amide bonds. The van der Waals surface area contributed by atoms with Crippen molar-refractivity contribution in [2.75, 3.05) is 5.75 Å². The molecule has 0 bridgehead atoms. The topological polar surface area (TPSA) is 29.1 Å². The maximum Gasteiger partial charge on any atom is 0.257 e. The molecule has 17 heavy (non-hydrogen) atoms.